The number of aryl methyl sites for hydroxylation is 1. The van der Waals surface area contributed by atoms with Crippen molar-refractivity contribution in [3.8, 4) is 22.9 Å². The first-order chi connectivity index (χ1) is 18.5. The molecule has 9 heteroatoms. The highest BCUT2D eigenvalue weighted by Crippen LogP contribution is 2.29. The lowest BCUT2D eigenvalue weighted by molar-refractivity contribution is 0.0995. The summed E-state index contributed by atoms with van der Waals surface area (Å²) >= 11 is 0. The summed E-state index contributed by atoms with van der Waals surface area (Å²) in [6.45, 7) is 7.15. The number of hydrogen-bond donors (Lipinski definition) is 3. The largest absolute Gasteiger partial charge is 0.459 e. The predicted octanol–water partition coefficient (Wildman–Crippen LogP) is 5.74. The molecule has 0 aliphatic carbocycles. The van der Waals surface area contributed by atoms with E-state index in [1.165, 1.54) is 50.4 Å². The van der Waals surface area contributed by atoms with Crippen LogP contribution in [0.2, 0.25) is 0 Å². The van der Waals surface area contributed by atoms with E-state index in [4.69, 9.17) is 9.15 Å². The van der Waals surface area contributed by atoms with E-state index in [2.05, 4.69) is 31.6 Å². The quantitative estimate of drug-likeness (QED) is 0.220. The molecule has 5 rings (SSSR count). The van der Waals surface area contributed by atoms with E-state index in [9.17, 15) is 9.18 Å². The second-order valence-electron chi connectivity index (χ2n) is 9.51. The molecule has 1 aliphatic rings. The maximum Gasteiger partial charge on any atom is 0.291 e. The van der Waals surface area contributed by atoms with Gasteiger partial charge in [-0.25, -0.2) is 4.39 Å². The molecule has 8 nitrogen and oxygen atoms in total. The summed E-state index contributed by atoms with van der Waals surface area (Å²) in [5.41, 5.74) is 3.43. The molecule has 0 bridgehead atoms. The molecule has 38 heavy (non-hydrogen) atoms. The van der Waals surface area contributed by atoms with Crippen molar-refractivity contribution in [2.24, 2.45) is 0 Å². The van der Waals surface area contributed by atoms with E-state index in [0.717, 1.165) is 43.0 Å². The summed E-state index contributed by atoms with van der Waals surface area (Å²) in [6.07, 6.45) is 8.86. The van der Waals surface area contributed by atoms with Gasteiger partial charge in [0.05, 0.1) is 23.3 Å². The Morgan fingerprint density at radius 1 is 1.16 bits per heavy atom. The summed E-state index contributed by atoms with van der Waals surface area (Å²) in [7, 11) is 0. The van der Waals surface area contributed by atoms with E-state index in [0.29, 0.717) is 17.1 Å². The number of benzene rings is 1. The van der Waals surface area contributed by atoms with Gasteiger partial charge >= 0.3 is 0 Å². The van der Waals surface area contributed by atoms with Crippen LogP contribution in [0.25, 0.3) is 11.4 Å². The highest BCUT2D eigenvalue weighted by molar-refractivity contribution is 6.03. The van der Waals surface area contributed by atoms with Crippen LogP contribution in [0.5, 0.6) is 11.5 Å². The van der Waals surface area contributed by atoms with E-state index < -0.39 is 11.7 Å². The number of hydrogen-bond acceptors (Lipinski definition) is 6. The van der Waals surface area contributed by atoms with Crippen LogP contribution in [-0.4, -0.2) is 47.0 Å². The monoisotopic (exact) mass is 517 g/mol. The Kier molecular flexibility index (Phi) is 8.15. The van der Waals surface area contributed by atoms with Gasteiger partial charge < -0.3 is 29.7 Å². The molecule has 1 aliphatic heterocycles. The molecule has 3 N–H and O–H groups in total. The van der Waals surface area contributed by atoms with Crippen LogP contribution in [0.4, 0.5) is 10.1 Å². The zero-order valence-corrected chi connectivity index (χ0v) is 21.4. The van der Waals surface area contributed by atoms with Crippen LogP contribution >= 0.6 is 0 Å². The van der Waals surface area contributed by atoms with Gasteiger partial charge in [-0.05, 0) is 88.3 Å². The fourth-order valence-electron chi connectivity index (χ4n) is 4.56. The number of carbonyl (C=O) groups excluding carboxylic acids is 1. The third kappa shape index (κ3) is 6.48. The zero-order chi connectivity index (χ0) is 26.3. The normalized spacial score (nSPS) is 13.6. The molecule has 0 unspecified atom stereocenters. The van der Waals surface area contributed by atoms with Gasteiger partial charge in [-0.1, -0.05) is 0 Å². The number of nitrogens with zero attached hydrogens (tertiary/aromatic N) is 2. The first-order valence-electron chi connectivity index (χ1n) is 12.9. The van der Waals surface area contributed by atoms with Gasteiger partial charge in [-0.15, -0.1) is 0 Å². The number of halogens is 1. The fraction of sp³-hybridized carbons (Fsp3) is 0.310. The summed E-state index contributed by atoms with van der Waals surface area (Å²) in [6, 6.07) is 11.5. The van der Waals surface area contributed by atoms with Crippen molar-refractivity contribution in [2.75, 3.05) is 31.5 Å². The SMILES string of the molecule is Cc1ccoc1C(=O)Nc1cc(Oc2ccnc(-c3cc(CNCCCN4CCCC4)c[nH]3)c2)ccc1F. The lowest BCUT2D eigenvalue weighted by atomic mass is 10.2. The van der Waals surface area contributed by atoms with Crippen LogP contribution in [0, 0.1) is 12.7 Å². The Balaban J connectivity index is 1.18. The molecule has 198 valence electrons. The highest BCUT2D eigenvalue weighted by Gasteiger charge is 2.16. The third-order valence-electron chi connectivity index (χ3n) is 6.60. The van der Waals surface area contributed by atoms with Crippen LogP contribution in [0.3, 0.4) is 0 Å². The van der Waals surface area contributed by atoms with Crippen molar-refractivity contribution in [2.45, 2.75) is 32.7 Å². The van der Waals surface area contributed by atoms with Gasteiger partial charge in [-0.3, -0.25) is 9.78 Å². The van der Waals surface area contributed by atoms with Gasteiger partial charge in [0.1, 0.15) is 17.3 Å². The number of ether oxygens (including phenoxy) is 1. The minimum Gasteiger partial charge on any atom is -0.459 e. The number of furan rings is 1. The molecule has 0 atom stereocenters. The van der Waals surface area contributed by atoms with Gasteiger partial charge in [-0.2, -0.15) is 0 Å². The lowest BCUT2D eigenvalue weighted by Crippen LogP contribution is -2.24. The first-order valence-corrected chi connectivity index (χ1v) is 12.9. The average Bonchev–Trinajstić information content (AvgIpc) is 3.69. The Hall–Kier alpha value is -3.95. The van der Waals surface area contributed by atoms with Crippen LogP contribution in [0.1, 0.15) is 40.9 Å². The van der Waals surface area contributed by atoms with Crippen LogP contribution in [-0.2, 0) is 6.54 Å². The maximum absolute atomic E-state index is 14.4. The number of rotatable bonds is 11. The van der Waals surface area contributed by atoms with E-state index in [1.54, 1.807) is 25.3 Å². The molecular formula is C29H32FN5O3. The lowest BCUT2D eigenvalue weighted by Gasteiger charge is -2.14. The van der Waals surface area contributed by atoms with Gasteiger partial charge in [0.25, 0.3) is 5.91 Å². The number of carbonyl (C=O) groups is 1. The van der Waals surface area contributed by atoms with Crippen molar-refractivity contribution in [1.82, 2.24) is 20.2 Å². The van der Waals surface area contributed by atoms with Crippen molar-refractivity contribution < 1.29 is 18.3 Å². The summed E-state index contributed by atoms with van der Waals surface area (Å²) in [5, 5.41) is 6.06. The molecule has 0 spiro atoms. The number of H-pyrrole nitrogens is 1. The number of anilines is 1. The fourth-order valence-corrected chi connectivity index (χ4v) is 4.56. The molecule has 4 heterocycles. The van der Waals surface area contributed by atoms with Gasteiger partial charge in [0.15, 0.2) is 5.76 Å². The van der Waals surface area contributed by atoms with Gasteiger partial charge in [0.2, 0.25) is 0 Å². The molecule has 0 saturated carbocycles. The highest BCUT2D eigenvalue weighted by atomic mass is 19.1. The average molecular weight is 518 g/mol. The number of pyridine rings is 1. The van der Waals surface area contributed by atoms with Crippen molar-refractivity contribution in [1.29, 1.82) is 0 Å². The Labute approximate surface area is 221 Å². The molecule has 0 radical (unpaired) electrons. The zero-order valence-electron chi connectivity index (χ0n) is 21.4. The number of likely N-dealkylation sites (tertiary alicyclic amines) is 1. The minimum atomic E-state index is -0.575. The maximum atomic E-state index is 14.4. The number of amides is 1. The van der Waals surface area contributed by atoms with Crippen molar-refractivity contribution in [3.63, 3.8) is 0 Å². The second kappa shape index (κ2) is 12.1. The van der Waals surface area contributed by atoms with Crippen LogP contribution < -0.4 is 15.4 Å². The molecular weight excluding hydrogens is 485 g/mol. The smallest absolute Gasteiger partial charge is 0.291 e. The molecule has 1 fully saturated rings. The number of aromatic nitrogens is 2. The van der Waals surface area contributed by atoms with Gasteiger partial charge in [0, 0.05) is 36.6 Å². The van der Waals surface area contributed by atoms with E-state index in [-0.39, 0.29) is 11.4 Å². The Morgan fingerprint density at radius 3 is 2.82 bits per heavy atom. The Morgan fingerprint density at radius 2 is 2.00 bits per heavy atom. The second-order valence-corrected chi connectivity index (χ2v) is 9.51. The predicted molar refractivity (Wildman–Crippen MR) is 144 cm³/mol. The Bertz CT molecular complexity index is 1380. The standard InChI is InChI=1S/C29H32FN5O3/c1-20-8-14-37-28(20)29(36)34-25-16-22(5-6-24(25)30)38-23-7-10-32-27(17-23)26-15-21(19-33-26)18-31-9-4-13-35-11-2-3-12-35/h5-8,10,14-17,19,31,33H,2-4,9,11-13,18H2,1H3,(H,34,36). The summed E-state index contributed by atoms with van der Waals surface area (Å²) in [5.74, 6) is -0.0540. The van der Waals surface area contributed by atoms with Crippen molar-refractivity contribution in [3.05, 3.63) is 83.8 Å². The molecule has 4 aromatic rings. The molecule has 1 amide bonds. The van der Waals surface area contributed by atoms with Crippen molar-refractivity contribution >= 4 is 11.6 Å². The summed E-state index contributed by atoms with van der Waals surface area (Å²) in [4.78, 5) is 22.7. The van der Waals surface area contributed by atoms with E-state index >= 15 is 0 Å². The number of aromatic amines is 1. The number of nitrogens with one attached hydrogen (secondary N) is 3. The summed E-state index contributed by atoms with van der Waals surface area (Å²) < 4.78 is 25.5. The van der Waals surface area contributed by atoms with E-state index in [1.807, 2.05) is 12.3 Å². The van der Waals surface area contributed by atoms with Crippen LogP contribution in [0.15, 0.2) is 65.5 Å². The molecule has 1 saturated heterocycles. The minimum absolute atomic E-state index is 0.000445. The first kappa shape index (κ1) is 25.7. The topological polar surface area (TPSA) is 95.4 Å². The molecule has 1 aromatic carbocycles. The molecule has 3 aromatic heterocycles. The third-order valence-corrected chi connectivity index (χ3v) is 6.60.